The molecule has 1 fully saturated rings. The monoisotopic (exact) mass is 364 g/mol. The Bertz CT molecular complexity index is 927. The van der Waals surface area contributed by atoms with E-state index in [2.05, 4.69) is 10.2 Å². The summed E-state index contributed by atoms with van der Waals surface area (Å²) in [6.07, 6.45) is 1.81. The Balaban J connectivity index is 1.51. The molecule has 0 bridgehead atoms. The highest BCUT2D eigenvalue weighted by molar-refractivity contribution is 8.00. The number of imide groups is 1. The second kappa shape index (κ2) is 7.13. The van der Waals surface area contributed by atoms with Gasteiger partial charge in [-0.05, 0) is 17.7 Å². The first kappa shape index (κ1) is 16.5. The highest BCUT2D eigenvalue weighted by Crippen LogP contribution is 2.33. The average molecular weight is 364 g/mol. The van der Waals surface area contributed by atoms with Crippen LogP contribution in [0, 0.1) is 0 Å². The molecule has 1 atom stereocenters. The van der Waals surface area contributed by atoms with Gasteiger partial charge in [0.05, 0.1) is 12.2 Å². The lowest BCUT2D eigenvalue weighted by Gasteiger charge is -2.14. The van der Waals surface area contributed by atoms with Gasteiger partial charge >= 0.3 is 0 Å². The van der Waals surface area contributed by atoms with E-state index in [0.717, 1.165) is 5.56 Å². The molecule has 1 aromatic heterocycles. The number of hydrogen-bond acceptors (Lipinski definition) is 5. The molecule has 1 aliphatic rings. The molecule has 2 aromatic carbocycles. The standard InChI is InChI=1S/C19H16N4O2S/c24-17-11-16(18(25)23(17)15-9-5-2-6-10-15)26-19-21-20-13-22(19)12-14-7-3-1-4-8-14/h1-10,13,16H,11-12H2. The van der Waals surface area contributed by atoms with Gasteiger partial charge in [0.1, 0.15) is 11.6 Å². The third kappa shape index (κ3) is 3.25. The number of thioether (sulfide) groups is 1. The van der Waals surface area contributed by atoms with E-state index in [1.54, 1.807) is 18.5 Å². The number of nitrogens with zero attached hydrogens (tertiary/aromatic N) is 4. The Hall–Kier alpha value is -2.93. The average Bonchev–Trinajstić information content (AvgIpc) is 3.21. The second-order valence-corrected chi connectivity index (χ2v) is 7.11. The van der Waals surface area contributed by atoms with Crippen molar-refractivity contribution in [3.63, 3.8) is 0 Å². The van der Waals surface area contributed by atoms with E-state index in [-0.39, 0.29) is 18.2 Å². The van der Waals surface area contributed by atoms with Crippen molar-refractivity contribution in [2.75, 3.05) is 4.90 Å². The quantitative estimate of drug-likeness (QED) is 0.651. The highest BCUT2D eigenvalue weighted by Gasteiger charge is 2.40. The van der Waals surface area contributed by atoms with E-state index in [4.69, 9.17) is 0 Å². The number of benzene rings is 2. The maximum absolute atomic E-state index is 12.7. The number of anilines is 1. The van der Waals surface area contributed by atoms with Gasteiger partial charge in [0, 0.05) is 6.42 Å². The molecule has 7 heteroatoms. The number of aromatic nitrogens is 3. The largest absolute Gasteiger partial charge is 0.304 e. The van der Waals surface area contributed by atoms with Crippen molar-refractivity contribution in [2.24, 2.45) is 0 Å². The lowest BCUT2D eigenvalue weighted by molar-refractivity contribution is -0.121. The van der Waals surface area contributed by atoms with Gasteiger partial charge in [-0.25, -0.2) is 4.90 Å². The van der Waals surface area contributed by atoms with Crippen LogP contribution in [0.2, 0.25) is 0 Å². The van der Waals surface area contributed by atoms with E-state index in [0.29, 0.717) is 17.4 Å². The molecule has 26 heavy (non-hydrogen) atoms. The number of amides is 2. The summed E-state index contributed by atoms with van der Waals surface area (Å²) in [4.78, 5) is 26.3. The molecule has 1 saturated heterocycles. The summed E-state index contributed by atoms with van der Waals surface area (Å²) in [7, 11) is 0. The lowest BCUT2D eigenvalue weighted by atomic mass is 10.2. The molecule has 130 valence electrons. The minimum absolute atomic E-state index is 0.163. The Morgan fingerprint density at radius 3 is 2.42 bits per heavy atom. The zero-order valence-electron chi connectivity index (χ0n) is 13.9. The molecule has 1 unspecified atom stereocenters. The molecule has 2 heterocycles. The van der Waals surface area contributed by atoms with E-state index in [1.165, 1.54) is 16.7 Å². The van der Waals surface area contributed by atoms with Gasteiger partial charge < -0.3 is 4.57 Å². The molecule has 4 rings (SSSR count). The predicted molar refractivity (Wildman–Crippen MR) is 98.8 cm³/mol. The zero-order valence-corrected chi connectivity index (χ0v) is 14.7. The molecule has 0 radical (unpaired) electrons. The summed E-state index contributed by atoms with van der Waals surface area (Å²) in [5.74, 6) is -0.395. The fraction of sp³-hybridized carbons (Fsp3) is 0.158. The topological polar surface area (TPSA) is 68.1 Å². The Morgan fingerprint density at radius 1 is 1.00 bits per heavy atom. The van der Waals surface area contributed by atoms with Crippen molar-refractivity contribution in [3.05, 3.63) is 72.6 Å². The number of hydrogen-bond donors (Lipinski definition) is 0. The van der Waals surface area contributed by atoms with Crippen LogP contribution in [0.25, 0.3) is 0 Å². The summed E-state index contributed by atoms with van der Waals surface area (Å²) in [6, 6.07) is 19.0. The first-order valence-corrected chi connectivity index (χ1v) is 9.10. The molecular weight excluding hydrogens is 348 g/mol. The molecule has 0 N–H and O–H groups in total. The van der Waals surface area contributed by atoms with Crippen LogP contribution in [-0.2, 0) is 16.1 Å². The van der Waals surface area contributed by atoms with Crippen LogP contribution in [0.4, 0.5) is 5.69 Å². The summed E-state index contributed by atoms with van der Waals surface area (Å²) in [5, 5.41) is 8.24. The fourth-order valence-electron chi connectivity index (χ4n) is 2.90. The van der Waals surface area contributed by atoms with Gasteiger partial charge in [-0.15, -0.1) is 10.2 Å². The van der Waals surface area contributed by atoms with Crippen LogP contribution < -0.4 is 4.90 Å². The van der Waals surface area contributed by atoms with Crippen molar-refractivity contribution < 1.29 is 9.59 Å². The van der Waals surface area contributed by atoms with Crippen LogP contribution in [-0.4, -0.2) is 31.8 Å². The Kier molecular flexibility index (Phi) is 4.53. The fourth-order valence-corrected chi connectivity index (χ4v) is 3.92. The molecule has 1 aliphatic heterocycles. The first-order chi connectivity index (χ1) is 12.7. The van der Waals surface area contributed by atoms with E-state index >= 15 is 0 Å². The minimum Gasteiger partial charge on any atom is -0.304 e. The smallest absolute Gasteiger partial charge is 0.247 e. The van der Waals surface area contributed by atoms with Crippen LogP contribution >= 0.6 is 11.8 Å². The molecule has 2 amide bonds. The molecular formula is C19H16N4O2S. The van der Waals surface area contributed by atoms with Crippen molar-refractivity contribution in [1.82, 2.24) is 14.8 Å². The normalized spacial score (nSPS) is 17.1. The summed E-state index contributed by atoms with van der Waals surface area (Å²) >= 11 is 1.29. The molecule has 3 aromatic rings. The lowest BCUT2D eigenvalue weighted by Crippen LogP contribution is -2.31. The summed E-state index contributed by atoms with van der Waals surface area (Å²) < 4.78 is 1.89. The maximum atomic E-state index is 12.7. The van der Waals surface area contributed by atoms with Gasteiger partial charge in [-0.2, -0.15) is 0 Å². The van der Waals surface area contributed by atoms with Crippen LogP contribution in [0.1, 0.15) is 12.0 Å². The molecule has 0 aliphatic carbocycles. The SMILES string of the molecule is O=C1CC(Sc2nncn2Cc2ccccc2)C(=O)N1c1ccccc1. The summed E-state index contributed by atoms with van der Waals surface area (Å²) in [5.41, 5.74) is 1.73. The number of carbonyl (C=O) groups excluding carboxylic acids is 2. The van der Waals surface area contributed by atoms with Gasteiger partial charge in [-0.3, -0.25) is 9.59 Å². The number of carbonyl (C=O) groups is 2. The first-order valence-electron chi connectivity index (χ1n) is 8.22. The van der Waals surface area contributed by atoms with Crippen molar-refractivity contribution >= 4 is 29.3 Å². The second-order valence-electron chi connectivity index (χ2n) is 5.94. The van der Waals surface area contributed by atoms with Gasteiger partial charge in [-0.1, -0.05) is 60.3 Å². The Labute approximate surface area is 154 Å². The van der Waals surface area contributed by atoms with Crippen LogP contribution in [0.15, 0.2) is 72.1 Å². The zero-order chi connectivity index (χ0) is 17.9. The van der Waals surface area contributed by atoms with E-state index < -0.39 is 5.25 Å². The van der Waals surface area contributed by atoms with Gasteiger partial charge in [0.15, 0.2) is 5.16 Å². The summed E-state index contributed by atoms with van der Waals surface area (Å²) in [6.45, 7) is 0.618. The van der Waals surface area contributed by atoms with Crippen LogP contribution in [0.5, 0.6) is 0 Å². The molecule has 0 spiro atoms. The van der Waals surface area contributed by atoms with Gasteiger partial charge in [0.2, 0.25) is 11.8 Å². The van der Waals surface area contributed by atoms with Crippen LogP contribution in [0.3, 0.4) is 0 Å². The van der Waals surface area contributed by atoms with E-state index in [9.17, 15) is 9.59 Å². The van der Waals surface area contributed by atoms with Crippen molar-refractivity contribution in [3.8, 4) is 0 Å². The molecule has 6 nitrogen and oxygen atoms in total. The number of para-hydroxylation sites is 1. The third-order valence-electron chi connectivity index (χ3n) is 4.14. The third-order valence-corrected chi connectivity index (χ3v) is 5.32. The number of rotatable bonds is 5. The molecule has 0 saturated carbocycles. The highest BCUT2D eigenvalue weighted by atomic mass is 32.2. The predicted octanol–water partition coefficient (Wildman–Crippen LogP) is 2.75. The van der Waals surface area contributed by atoms with Crippen molar-refractivity contribution in [2.45, 2.75) is 23.4 Å². The maximum Gasteiger partial charge on any atom is 0.247 e. The van der Waals surface area contributed by atoms with Gasteiger partial charge in [0.25, 0.3) is 0 Å². The van der Waals surface area contributed by atoms with E-state index in [1.807, 2.05) is 53.1 Å². The van der Waals surface area contributed by atoms with Crippen molar-refractivity contribution in [1.29, 1.82) is 0 Å². The Morgan fingerprint density at radius 2 is 1.69 bits per heavy atom. The minimum atomic E-state index is -0.485.